The Balaban J connectivity index is 0.00000260. The van der Waals surface area contributed by atoms with Gasteiger partial charge in [0.2, 0.25) is 0 Å². The Morgan fingerprint density at radius 2 is 1.74 bits per heavy atom. The quantitative estimate of drug-likeness (QED) is 0.184. The van der Waals surface area contributed by atoms with Gasteiger partial charge in [-0.3, -0.25) is 0 Å². The molecule has 0 atom stereocenters. The number of aliphatic imine (C=N–C) groups is 1. The first-order valence-electron chi connectivity index (χ1n) is 14.4. The van der Waals surface area contributed by atoms with Crippen molar-refractivity contribution in [3.05, 3.63) is 90.3 Å². The third-order valence-corrected chi connectivity index (χ3v) is 6.79. The van der Waals surface area contributed by atoms with E-state index in [1.165, 1.54) is 11.1 Å². The smallest absolute Gasteiger partial charge is 0.147 e. The molecule has 0 amide bonds. The molecule has 3 N–H and O–H groups in total. The van der Waals surface area contributed by atoms with Gasteiger partial charge < -0.3 is 16.0 Å². The molecular weight excluding hydrogens is 478 g/mol. The molecule has 5 nitrogen and oxygen atoms in total. The zero-order chi connectivity index (χ0) is 28.8. The molecule has 1 aromatic heterocycles. The van der Waals surface area contributed by atoms with E-state index in [-0.39, 0.29) is 0 Å². The van der Waals surface area contributed by atoms with E-state index in [0.29, 0.717) is 16.9 Å². The van der Waals surface area contributed by atoms with Crippen LogP contribution in [0.25, 0.3) is 11.1 Å². The van der Waals surface area contributed by atoms with Crippen LogP contribution in [0.3, 0.4) is 0 Å². The van der Waals surface area contributed by atoms with Gasteiger partial charge in [0.15, 0.2) is 0 Å². The highest BCUT2D eigenvalue weighted by molar-refractivity contribution is 6.02. The van der Waals surface area contributed by atoms with Gasteiger partial charge in [-0.1, -0.05) is 84.5 Å². The summed E-state index contributed by atoms with van der Waals surface area (Å²) in [4.78, 5) is 11.7. The molecule has 0 saturated carbocycles. The van der Waals surface area contributed by atoms with E-state index in [9.17, 15) is 0 Å². The molecule has 5 heteroatoms. The molecular formula is C34H49N5. The van der Waals surface area contributed by atoms with Crippen molar-refractivity contribution in [2.75, 3.05) is 23.3 Å². The average molecular weight is 528 g/mol. The topological polar surface area (TPSA) is 66.5 Å². The fourth-order valence-corrected chi connectivity index (χ4v) is 4.28. The third-order valence-electron chi connectivity index (χ3n) is 6.79. The highest BCUT2D eigenvalue weighted by Crippen LogP contribution is 2.32. The van der Waals surface area contributed by atoms with E-state index in [1.54, 1.807) is 6.20 Å². The summed E-state index contributed by atoms with van der Waals surface area (Å²) in [5, 5.41) is 3.42. The first-order chi connectivity index (χ1) is 18.7. The van der Waals surface area contributed by atoms with Gasteiger partial charge in [0, 0.05) is 19.3 Å². The van der Waals surface area contributed by atoms with Crippen LogP contribution in [0, 0.1) is 5.41 Å². The highest BCUT2D eigenvalue weighted by Gasteiger charge is 2.26. The number of hydrogen-bond donors (Lipinski definition) is 2. The maximum Gasteiger partial charge on any atom is 0.147 e. The highest BCUT2D eigenvalue weighted by atomic mass is 15.2. The summed E-state index contributed by atoms with van der Waals surface area (Å²) in [6, 6.07) is 14.5. The Bertz CT molecular complexity index is 1190. The zero-order valence-corrected chi connectivity index (χ0v) is 25.2. The van der Waals surface area contributed by atoms with Crippen molar-refractivity contribution in [2.24, 2.45) is 16.1 Å². The lowest BCUT2D eigenvalue weighted by Crippen LogP contribution is -2.37. The number of allylic oxidation sites excluding steroid dienone is 5. The van der Waals surface area contributed by atoms with Crippen molar-refractivity contribution in [2.45, 2.75) is 74.1 Å². The third kappa shape index (κ3) is 9.90. The first-order valence-corrected chi connectivity index (χ1v) is 14.4. The molecule has 2 heterocycles. The first kappa shape index (κ1) is 31.6. The molecule has 0 aliphatic carbocycles. The molecule has 2 aromatic rings. The van der Waals surface area contributed by atoms with Crippen LogP contribution >= 0.6 is 0 Å². The number of anilines is 2. The lowest BCUT2D eigenvalue weighted by molar-refractivity contribution is 0.279. The van der Waals surface area contributed by atoms with Gasteiger partial charge in [0.05, 0.1) is 5.70 Å². The molecule has 0 radical (unpaired) electrons. The molecule has 3 rings (SSSR count). The van der Waals surface area contributed by atoms with Crippen LogP contribution in [-0.2, 0) is 0 Å². The Labute approximate surface area is 237 Å². The van der Waals surface area contributed by atoms with Gasteiger partial charge in [-0.25, -0.2) is 9.98 Å². The van der Waals surface area contributed by atoms with Crippen LogP contribution in [0.2, 0.25) is 0 Å². The number of benzene rings is 1. The molecule has 1 aliphatic heterocycles. The second-order valence-corrected chi connectivity index (χ2v) is 10.4. The van der Waals surface area contributed by atoms with Crippen molar-refractivity contribution < 1.29 is 0 Å². The van der Waals surface area contributed by atoms with Crippen LogP contribution in [0.1, 0.15) is 85.3 Å². The number of nitrogens with two attached hydrogens (primary N) is 1. The standard InChI is InChI=1S/C32H43N5.C2H6/c1-7-9-19-34-31(33)28(22-25(4)27-14-10-13-26(23-27)24(3)12-8-2)35-29-15-11-16-30(36-29)37-20-17-32(5,6)18-21-37;1-2/h9-16,19,22-23H,4,7-8,17-18,20-21H2,1-3,5-6H3,(H2,33,34)(H,35,36);1-2H3/b19-9-,24-12-,28-22+;. The van der Waals surface area contributed by atoms with E-state index >= 15 is 0 Å². The van der Waals surface area contributed by atoms with Crippen molar-refractivity contribution in [1.82, 2.24) is 4.98 Å². The van der Waals surface area contributed by atoms with E-state index in [4.69, 9.17) is 10.7 Å². The van der Waals surface area contributed by atoms with E-state index in [2.05, 4.69) is 92.8 Å². The largest absolute Gasteiger partial charge is 0.382 e. The number of rotatable bonds is 10. The molecule has 1 saturated heterocycles. The second kappa shape index (κ2) is 15.7. The zero-order valence-electron chi connectivity index (χ0n) is 25.2. The number of nitrogens with one attached hydrogen (secondary N) is 1. The molecule has 0 spiro atoms. The maximum absolute atomic E-state index is 6.44. The van der Waals surface area contributed by atoms with Gasteiger partial charge in [0.25, 0.3) is 0 Å². The number of piperidine rings is 1. The molecule has 0 unspecified atom stereocenters. The lowest BCUT2D eigenvalue weighted by Gasteiger charge is -2.37. The van der Waals surface area contributed by atoms with Gasteiger partial charge in [-0.15, -0.1) is 0 Å². The van der Waals surface area contributed by atoms with E-state index in [0.717, 1.165) is 61.5 Å². The minimum absolute atomic E-state index is 0.385. The van der Waals surface area contributed by atoms with Crippen LogP contribution < -0.4 is 16.0 Å². The summed E-state index contributed by atoms with van der Waals surface area (Å²) >= 11 is 0. The Hall–Kier alpha value is -3.60. The van der Waals surface area contributed by atoms with Crippen molar-refractivity contribution >= 4 is 28.6 Å². The van der Waals surface area contributed by atoms with Crippen LogP contribution in [0.5, 0.6) is 0 Å². The van der Waals surface area contributed by atoms with Crippen LogP contribution in [0.4, 0.5) is 11.6 Å². The minimum atomic E-state index is 0.385. The molecule has 1 fully saturated rings. The molecule has 1 aromatic carbocycles. The Kier molecular flexibility index (Phi) is 12.7. The summed E-state index contributed by atoms with van der Waals surface area (Å²) in [5.41, 5.74) is 11.8. The number of nitrogens with zero attached hydrogens (tertiary/aromatic N) is 3. The summed E-state index contributed by atoms with van der Waals surface area (Å²) in [5.74, 6) is 2.09. The van der Waals surface area contributed by atoms with Gasteiger partial charge in [-0.2, -0.15) is 0 Å². The lowest BCUT2D eigenvalue weighted by atomic mass is 9.83. The number of amidine groups is 1. The molecule has 39 heavy (non-hydrogen) atoms. The van der Waals surface area contributed by atoms with Gasteiger partial charge >= 0.3 is 0 Å². The number of aromatic nitrogens is 1. The second-order valence-electron chi connectivity index (χ2n) is 10.4. The molecule has 0 bridgehead atoms. The normalized spacial score (nSPS) is 16.1. The Morgan fingerprint density at radius 1 is 1.08 bits per heavy atom. The predicted molar refractivity (Wildman–Crippen MR) is 173 cm³/mol. The number of pyridine rings is 1. The summed E-state index contributed by atoms with van der Waals surface area (Å²) in [7, 11) is 0. The summed E-state index contributed by atoms with van der Waals surface area (Å²) < 4.78 is 0. The summed E-state index contributed by atoms with van der Waals surface area (Å²) in [6.07, 6.45) is 12.1. The average Bonchev–Trinajstić information content (AvgIpc) is 2.94. The van der Waals surface area contributed by atoms with E-state index in [1.807, 2.05) is 38.1 Å². The van der Waals surface area contributed by atoms with Gasteiger partial charge in [-0.05, 0) is 84.6 Å². The van der Waals surface area contributed by atoms with Crippen molar-refractivity contribution in [3.8, 4) is 0 Å². The van der Waals surface area contributed by atoms with Crippen LogP contribution in [-0.4, -0.2) is 23.9 Å². The van der Waals surface area contributed by atoms with Gasteiger partial charge in [0.1, 0.15) is 17.5 Å². The fourth-order valence-electron chi connectivity index (χ4n) is 4.28. The van der Waals surface area contributed by atoms with Crippen LogP contribution in [0.15, 0.2) is 84.2 Å². The molecule has 1 aliphatic rings. The molecule has 210 valence electrons. The minimum Gasteiger partial charge on any atom is -0.382 e. The maximum atomic E-state index is 6.44. The predicted octanol–water partition coefficient (Wildman–Crippen LogP) is 8.84. The van der Waals surface area contributed by atoms with E-state index < -0.39 is 0 Å². The monoisotopic (exact) mass is 527 g/mol. The fraction of sp³-hybridized carbons (Fsp3) is 0.412. The van der Waals surface area contributed by atoms with Crippen molar-refractivity contribution in [1.29, 1.82) is 0 Å². The number of hydrogen-bond acceptors (Lipinski definition) is 4. The SMILES string of the molecule is C=C(\C=C(Nc1cccc(N2CCC(C)(C)CC2)n1)/C(N)=N\C=C/CC)c1cccc(/C(C)=C\CC)c1.CC. The summed E-state index contributed by atoms with van der Waals surface area (Å²) in [6.45, 7) is 21.4. The van der Waals surface area contributed by atoms with Crippen molar-refractivity contribution in [3.63, 3.8) is 0 Å². The Morgan fingerprint density at radius 3 is 2.41 bits per heavy atom.